The summed E-state index contributed by atoms with van der Waals surface area (Å²) < 4.78 is 23.2. The number of rotatable bonds is 10. The number of benzene rings is 1. The van der Waals surface area contributed by atoms with Crippen molar-refractivity contribution in [3.05, 3.63) is 47.2 Å². The van der Waals surface area contributed by atoms with Crippen molar-refractivity contribution < 1.29 is 33.3 Å². The summed E-state index contributed by atoms with van der Waals surface area (Å²) >= 11 is 0. The molecule has 0 saturated carbocycles. The molecule has 1 aromatic carbocycles. The van der Waals surface area contributed by atoms with E-state index < -0.39 is 31.9 Å². The molecule has 1 aromatic heterocycles. The summed E-state index contributed by atoms with van der Waals surface area (Å²) in [7, 11) is -1.35. The van der Waals surface area contributed by atoms with E-state index >= 15 is 0 Å². The molecule has 0 unspecified atom stereocenters. The number of nitriles is 1. The topological polar surface area (TPSA) is 151 Å². The van der Waals surface area contributed by atoms with Crippen molar-refractivity contribution in [1.82, 2.24) is 24.7 Å². The molecule has 2 fully saturated rings. The highest BCUT2D eigenvalue weighted by Crippen LogP contribution is 2.32. The quantitative estimate of drug-likeness (QED) is 0.214. The molecule has 3 aliphatic rings. The molecule has 2 saturated heterocycles. The Morgan fingerprint density at radius 3 is 2.38 bits per heavy atom. The minimum Gasteiger partial charge on any atom is -0.461 e. The van der Waals surface area contributed by atoms with Gasteiger partial charge in [0.1, 0.15) is 24.6 Å². The van der Waals surface area contributed by atoms with Crippen LogP contribution in [0.4, 0.5) is 20.2 Å². The average Bonchev–Trinajstić information content (AvgIpc) is 3.57. The Hall–Kier alpha value is -4.58. The van der Waals surface area contributed by atoms with Gasteiger partial charge in [-0.3, -0.25) is 0 Å². The van der Waals surface area contributed by atoms with Crippen LogP contribution in [0.5, 0.6) is 6.01 Å². The Balaban J connectivity index is 1.33. The van der Waals surface area contributed by atoms with Crippen molar-refractivity contribution in [1.29, 1.82) is 5.26 Å². The van der Waals surface area contributed by atoms with E-state index in [2.05, 4.69) is 30.6 Å². The highest BCUT2D eigenvalue weighted by molar-refractivity contribution is 6.76. The number of carbonyl (C=O) groups excluding carboxylic acids is 3. The second-order valence-corrected chi connectivity index (χ2v) is 21.4. The maximum absolute atomic E-state index is 13.2. The number of fused-ring (bicyclic) bond motifs is 1. The van der Waals surface area contributed by atoms with Crippen molar-refractivity contribution in [2.24, 2.45) is 0 Å². The molecule has 3 aliphatic heterocycles. The van der Waals surface area contributed by atoms with Gasteiger partial charge in [-0.2, -0.15) is 15.2 Å². The van der Waals surface area contributed by atoms with E-state index in [1.54, 1.807) is 14.7 Å². The van der Waals surface area contributed by atoms with Crippen LogP contribution in [0.3, 0.4) is 0 Å². The molecule has 15 heteroatoms. The summed E-state index contributed by atoms with van der Waals surface area (Å²) in [6.07, 6.45) is 1.00. The number of hydrogen-bond donors (Lipinski definition) is 0. The third kappa shape index (κ3) is 10.5. The summed E-state index contributed by atoms with van der Waals surface area (Å²) in [5.41, 5.74) is 1.76. The van der Waals surface area contributed by atoms with Crippen LogP contribution in [0.15, 0.2) is 30.3 Å². The lowest BCUT2D eigenvalue weighted by Gasteiger charge is -2.41. The van der Waals surface area contributed by atoms with Gasteiger partial charge in [-0.15, -0.1) is 0 Å². The number of hydrogen-bond acceptors (Lipinski definition) is 11. The van der Waals surface area contributed by atoms with Crippen LogP contribution in [0.1, 0.15) is 56.9 Å². The van der Waals surface area contributed by atoms with Gasteiger partial charge in [0, 0.05) is 46.4 Å². The van der Waals surface area contributed by atoms with E-state index in [9.17, 15) is 19.6 Å². The Morgan fingerprint density at radius 1 is 0.942 bits per heavy atom. The second-order valence-electron chi connectivity index (χ2n) is 15.8. The molecule has 52 heavy (non-hydrogen) atoms. The molecule has 0 aliphatic carbocycles. The van der Waals surface area contributed by atoms with Gasteiger partial charge < -0.3 is 38.5 Å². The van der Waals surface area contributed by atoms with Gasteiger partial charge in [-0.1, -0.05) is 50.0 Å². The molecule has 4 heterocycles. The first-order chi connectivity index (χ1) is 24.7. The molecule has 3 amide bonds. The van der Waals surface area contributed by atoms with Gasteiger partial charge in [0.2, 0.25) is 0 Å². The van der Waals surface area contributed by atoms with Crippen LogP contribution in [0.2, 0.25) is 25.7 Å². The molecule has 0 bridgehead atoms. The number of aromatic nitrogens is 2. The van der Waals surface area contributed by atoms with Crippen molar-refractivity contribution in [2.75, 3.05) is 50.8 Å². The van der Waals surface area contributed by atoms with Crippen molar-refractivity contribution >= 4 is 32.2 Å². The van der Waals surface area contributed by atoms with Gasteiger partial charge >= 0.3 is 24.3 Å². The molecule has 0 spiro atoms. The molecule has 5 rings (SSSR count). The van der Waals surface area contributed by atoms with E-state index in [4.69, 9.17) is 28.9 Å². The first kappa shape index (κ1) is 38.6. The van der Waals surface area contributed by atoms with Crippen LogP contribution in [-0.2, 0) is 33.8 Å². The smallest absolute Gasteiger partial charge is 0.410 e. The summed E-state index contributed by atoms with van der Waals surface area (Å²) in [5.74, 6) is 0.651. The van der Waals surface area contributed by atoms with E-state index in [0.717, 1.165) is 30.0 Å². The number of carbonyl (C=O) groups is 3. The Bertz CT molecular complexity index is 1610. The maximum Gasteiger partial charge on any atom is 0.410 e. The molecular weight excluding hydrogens is 683 g/mol. The Kier molecular flexibility index (Phi) is 12.5. The van der Waals surface area contributed by atoms with E-state index in [1.807, 2.05) is 51.1 Å². The van der Waals surface area contributed by atoms with Crippen LogP contribution >= 0.6 is 0 Å². The molecule has 0 radical (unpaired) electrons. The summed E-state index contributed by atoms with van der Waals surface area (Å²) in [4.78, 5) is 56.0. The Morgan fingerprint density at radius 2 is 1.67 bits per heavy atom. The lowest BCUT2D eigenvalue weighted by Crippen LogP contribution is -2.56. The first-order valence-electron chi connectivity index (χ1n) is 18.2. The zero-order chi connectivity index (χ0) is 37.5. The fourth-order valence-corrected chi connectivity index (χ4v) is 7.23. The monoisotopic (exact) mass is 735 g/mol. The zero-order valence-electron chi connectivity index (χ0n) is 31.4. The highest BCUT2D eigenvalue weighted by Gasteiger charge is 2.36. The van der Waals surface area contributed by atoms with Crippen LogP contribution in [-0.4, -0.2) is 115 Å². The number of piperazine rings is 1. The number of anilines is 1. The largest absolute Gasteiger partial charge is 0.461 e. The van der Waals surface area contributed by atoms with Gasteiger partial charge in [0.05, 0.1) is 43.4 Å². The average molecular weight is 736 g/mol. The Labute approximate surface area is 308 Å². The molecule has 2 atom stereocenters. The predicted octanol–water partition coefficient (Wildman–Crippen LogP) is 5.83. The van der Waals surface area contributed by atoms with Crippen molar-refractivity contribution in [3.63, 3.8) is 0 Å². The number of ether oxygens (including phenoxy) is 4. The van der Waals surface area contributed by atoms with E-state index in [1.165, 1.54) is 0 Å². The van der Waals surface area contributed by atoms with Crippen LogP contribution in [0.25, 0.3) is 0 Å². The zero-order valence-corrected chi connectivity index (χ0v) is 32.4. The number of likely N-dealkylation sites (tertiary alicyclic amines) is 1. The lowest BCUT2D eigenvalue weighted by atomic mass is 10.0. The van der Waals surface area contributed by atoms with E-state index in [-0.39, 0.29) is 44.3 Å². The first-order valence-corrected chi connectivity index (χ1v) is 21.9. The normalized spacial score (nSPS) is 19.1. The fourth-order valence-electron chi connectivity index (χ4n) is 6.51. The van der Waals surface area contributed by atoms with Gasteiger partial charge in [0.15, 0.2) is 0 Å². The summed E-state index contributed by atoms with van der Waals surface area (Å²) in [6, 6.07) is 12.1. The second kappa shape index (κ2) is 16.8. The maximum atomic E-state index is 13.2. The SMILES string of the molecule is CC(C)(C)OC(=O)N1CCc2c(nc(OC[C@@H]3CCCN3C(=O)OCC[Si](C)(C)C)nc2N2CCN(C(=O)OCc3ccccc3)[C@@H](CC#N)C2)C1. The van der Waals surface area contributed by atoms with E-state index in [0.29, 0.717) is 57.3 Å². The highest BCUT2D eigenvalue weighted by atomic mass is 28.3. The minimum absolute atomic E-state index is 0.117. The predicted molar refractivity (Wildman–Crippen MR) is 197 cm³/mol. The molecule has 2 aromatic rings. The van der Waals surface area contributed by atoms with Crippen molar-refractivity contribution in [3.8, 4) is 12.1 Å². The lowest BCUT2D eigenvalue weighted by molar-refractivity contribution is 0.0220. The van der Waals surface area contributed by atoms with Gasteiger partial charge in [0.25, 0.3) is 0 Å². The standard InChI is InChI=1S/C37H53N7O7Si/c1-37(2,3)51-34(45)42-18-15-30-31(24-42)39-33(49-26-29-13-10-17-43(29)35(46)48-21-22-52(4,5)6)40-32(30)41-19-20-44(28(23-41)14-16-38)36(47)50-25-27-11-8-7-9-12-27/h7-9,11-12,28-29H,10,13-15,17-26H2,1-6H3/t28-,29-/m0/s1. The van der Waals surface area contributed by atoms with Crippen LogP contribution < -0.4 is 9.64 Å². The summed E-state index contributed by atoms with van der Waals surface area (Å²) in [5, 5.41) is 9.72. The van der Waals surface area contributed by atoms with Crippen molar-refractivity contribution in [2.45, 2.75) is 103 Å². The molecule has 0 N–H and O–H groups in total. The third-order valence-electron chi connectivity index (χ3n) is 9.32. The van der Waals surface area contributed by atoms with Crippen LogP contribution in [0, 0.1) is 11.3 Å². The van der Waals surface area contributed by atoms with Gasteiger partial charge in [-0.25, -0.2) is 14.4 Å². The number of amides is 3. The number of nitrogens with zero attached hydrogens (tertiary/aromatic N) is 7. The minimum atomic E-state index is -1.35. The summed E-state index contributed by atoms with van der Waals surface area (Å²) in [6.45, 7) is 15.3. The molecular formula is C37H53N7O7Si. The van der Waals surface area contributed by atoms with Gasteiger partial charge in [-0.05, 0) is 51.6 Å². The molecule has 14 nitrogen and oxygen atoms in total. The third-order valence-corrected chi connectivity index (χ3v) is 11.0. The molecule has 282 valence electrons. The fraction of sp³-hybridized carbons (Fsp3) is 0.622.